The number of fused-ring (bicyclic) bond motifs is 1. The normalized spacial score (nSPS) is 21.1. The van der Waals surface area contributed by atoms with Gasteiger partial charge in [-0.2, -0.15) is 0 Å². The second kappa shape index (κ2) is 5.31. The molecular weight excluding hydrogens is 242 g/mol. The molecule has 0 bridgehead atoms. The maximum Gasteiger partial charge on any atom is 0.316 e. The molecule has 2 heterocycles. The summed E-state index contributed by atoms with van der Waals surface area (Å²) in [5, 5.41) is 8.59. The average molecular weight is 263 g/mol. The van der Waals surface area contributed by atoms with Gasteiger partial charge in [0.25, 0.3) is 0 Å². The van der Waals surface area contributed by atoms with Gasteiger partial charge >= 0.3 is 5.97 Å². The Morgan fingerprint density at radius 1 is 1.26 bits per heavy atom. The van der Waals surface area contributed by atoms with E-state index in [-0.39, 0.29) is 11.9 Å². The summed E-state index contributed by atoms with van der Waals surface area (Å²) in [5.41, 5.74) is 0. The maximum atomic E-state index is 12.2. The highest BCUT2D eigenvalue weighted by atomic mass is 16.5. The van der Waals surface area contributed by atoms with E-state index in [0.717, 1.165) is 43.9 Å². The molecule has 0 amide bonds. The van der Waals surface area contributed by atoms with Gasteiger partial charge in [-0.1, -0.05) is 12.8 Å². The zero-order chi connectivity index (χ0) is 13.2. The summed E-state index contributed by atoms with van der Waals surface area (Å²) in [7, 11) is 1.47. The Hall–Kier alpha value is -1.39. The van der Waals surface area contributed by atoms with Crippen LogP contribution < -0.4 is 0 Å². The van der Waals surface area contributed by atoms with Gasteiger partial charge in [-0.3, -0.25) is 4.79 Å². The number of nitrogens with zero attached hydrogens (tertiary/aromatic N) is 3. The first kappa shape index (κ1) is 12.6. The molecule has 1 unspecified atom stereocenters. The van der Waals surface area contributed by atoms with Crippen molar-refractivity contribution in [3.05, 3.63) is 11.6 Å². The van der Waals surface area contributed by atoms with E-state index >= 15 is 0 Å². The average Bonchev–Trinajstić information content (AvgIpc) is 3.09. The Balaban J connectivity index is 1.94. The fourth-order valence-corrected chi connectivity index (χ4v) is 3.49. The molecule has 1 fully saturated rings. The zero-order valence-electron chi connectivity index (χ0n) is 11.5. The van der Waals surface area contributed by atoms with Gasteiger partial charge in [0.2, 0.25) is 0 Å². The van der Waals surface area contributed by atoms with Crippen LogP contribution in [0.25, 0.3) is 0 Å². The predicted octanol–water partition coefficient (Wildman–Crippen LogP) is 2.06. The number of methoxy groups -OCH3 is 1. The summed E-state index contributed by atoms with van der Waals surface area (Å²) in [6, 6.07) is 0. The summed E-state index contributed by atoms with van der Waals surface area (Å²) < 4.78 is 7.18. The van der Waals surface area contributed by atoms with E-state index in [1.807, 2.05) is 0 Å². The van der Waals surface area contributed by atoms with Crippen molar-refractivity contribution in [2.75, 3.05) is 7.11 Å². The molecule has 0 N–H and O–H groups in total. The van der Waals surface area contributed by atoms with Gasteiger partial charge in [0.05, 0.1) is 7.11 Å². The molecule has 0 saturated heterocycles. The van der Waals surface area contributed by atoms with Crippen molar-refractivity contribution >= 4 is 5.97 Å². The molecule has 1 aromatic rings. The maximum absolute atomic E-state index is 12.2. The van der Waals surface area contributed by atoms with Crippen LogP contribution >= 0.6 is 0 Å². The molecule has 0 aromatic carbocycles. The summed E-state index contributed by atoms with van der Waals surface area (Å²) >= 11 is 0. The summed E-state index contributed by atoms with van der Waals surface area (Å²) in [4.78, 5) is 12.2. The molecule has 5 nitrogen and oxygen atoms in total. The molecule has 1 atom stereocenters. The van der Waals surface area contributed by atoms with Crippen LogP contribution in [0.4, 0.5) is 0 Å². The highest BCUT2D eigenvalue weighted by Crippen LogP contribution is 2.38. The topological polar surface area (TPSA) is 57.0 Å². The van der Waals surface area contributed by atoms with E-state index in [4.69, 9.17) is 4.74 Å². The highest BCUT2D eigenvalue weighted by Gasteiger charge is 2.37. The SMILES string of the molecule is COC(=O)C(c1nnc2n1CCCC2)C1CCCC1. The Kier molecular flexibility index (Phi) is 3.53. The number of hydrogen-bond acceptors (Lipinski definition) is 4. The van der Waals surface area contributed by atoms with Gasteiger partial charge in [0.15, 0.2) is 0 Å². The molecule has 19 heavy (non-hydrogen) atoms. The first-order chi connectivity index (χ1) is 9.31. The van der Waals surface area contributed by atoms with Gasteiger partial charge in [0.1, 0.15) is 17.6 Å². The van der Waals surface area contributed by atoms with Crippen molar-refractivity contribution in [3.63, 3.8) is 0 Å². The quantitative estimate of drug-likeness (QED) is 0.783. The lowest BCUT2D eigenvalue weighted by atomic mass is 9.90. The molecule has 1 aromatic heterocycles. The lowest BCUT2D eigenvalue weighted by Gasteiger charge is -2.23. The third kappa shape index (κ3) is 2.26. The molecule has 1 aliphatic heterocycles. The van der Waals surface area contributed by atoms with Crippen LogP contribution in [0.15, 0.2) is 0 Å². The number of esters is 1. The fraction of sp³-hybridized carbons (Fsp3) is 0.786. The highest BCUT2D eigenvalue weighted by molar-refractivity contribution is 5.77. The molecule has 0 radical (unpaired) electrons. The monoisotopic (exact) mass is 263 g/mol. The minimum absolute atomic E-state index is 0.146. The predicted molar refractivity (Wildman–Crippen MR) is 69.7 cm³/mol. The van der Waals surface area contributed by atoms with Crippen LogP contribution in [0.5, 0.6) is 0 Å². The Labute approximate surface area is 113 Å². The van der Waals surface area contributed by atoms with Gasteiger partial charge in [-0.15, -0.1) is 10.2 Å². The van der Waals surface area contributed by atoms with E-state index in [9.17, 15) is 4.79 Å². The molecular formula is C14H21N3O2. The standard InChI is InChI=1S/C14H21N3O2/c1-19-14(18)12(10-6-2-3-7-10)13-16-15-11-8-4-5-9-17(11)13/h10,12H,2-9H2,1H3. The van der Waals surface area contributed by atoms with Gasteiger partial charge < -0.3 is 9.30 Å². The van der Waals surface area contributed by atoms with Crippen LogP contribution in [0.1, 0.15) is 56.1 Å². The molecule has 2 aliphatic rings. The number of ether oxygens (including phenoxy) is 1. The number of rotatable bonds is 3. The van der Waals surface area contributed by atoms with E-state index in [1.165, 1.54) is 26.4 Å². The van der Waals surface area contributed by atoms with Gasteiger partial charge in [0, 0.05) is 13.0 Å². The van der Waals surface area contributed by atoms with Crippen molar-refractivity contribution in [1.82, 2.24) is 14.8 Å². The molecule has 5 heteroatoms. The number of hydrogen-bond donors (Lipinski definition) is 0. The fourth-order valence-electron chi connectivity index (χ4n) is 3.49. The van der Waals surface area contributed by atoms with E-state index in [2.05, 4.69) is 14.8 Å². The largest absolute Gasteiger partial charge is 0.468 e. The second-order valence-electron chi connectivity index (χ2n) is 5.63. The second-order valence-corrected chi connectivity index (χ2v) is 5.63. The van der Waals surface area contributed by atoms with Crippen molar-refractivity contribution in [1.29, 1.82) is 0 Å². The summed E-state index contributed by atoms with van der Waals surface area (Å²) in [6.07, 6.45) is 7.91. The smallest absolute Gasteiger partial charge is 0.316 e. The summed E-state index contributed by atoms with van der Waals surface area (Å²) in [6.45, 7) is 0.942. The zero-order valence-corrected chi connectivity index (χ0v) is 11.5. The number of aromatic nitrogens is 3. The van der Waals surface area contributed by atoms with Gasteiger partial charge in [-0.05, 0) is 31.6 Å². The molecule has 104 valence electrons. The Bertz CT molecular complexity index is 463. The number of aryl methyl sites for hydroxylation is 1. The van der Waals surface area contributed by atoms with Crippen LogP contribution in [0, 0.1) is 5.92 Å². The number of carbonyl (C=O) groups is 1. The summed E-state index contributed by atoms with van der Waals surface area (Å²) in [5.74, 6) is 1.89. The van der Waals surface area contributed by atoms with E-state index in [0.29, 0.717) is 5.92 Å². The molecule has 1 aliphatic carbocycles. The lowest BCUT2D eigenvalue weighted by Crippen LogP contribution is -2.26. The third-order valence-electron chi connectivity index (χ3n) is 4.49. The molecule has 0 spiro atoms. The third-order valence-corrected chi connectivity index (χ3v) is 4.49. The van der Waals surface area contributed by atoms with Crippen molar-refractivity contribution in [2.45, 2.75) is 57.4 Å². The van der Waals surface area contributed by atoms with Crippen molar-refractivity contribution in [2.24, 2.45) is 5.92 Å². The minimum Gasteiger partial charge on any atom is -0.468 e. The van der Waals surface area contributed by atoms with E-state index < -0.39 is 0 Å². The van der Waals surface area contributed by atoms with Crippen molar-refractivity contribution in [3.8, 4) is 0 Å². The minimum atomic E-state index is -0.216. The Morgan fingerprint density at radius 2 is 2.05 bits per heavy atom. The van der Waals surface area contributed by atoms with Crippen LogP contribution in [0.3, 0.4) is 0 Å². The lowest BCUT2D eigenvalue weighted by molar-refractivity contribution is -0.144. The van der Waals surface area contributed by atoms with Gasteiger partial charge in [-0.25, -0.2) is 0 Å². The van der Waals surface area contributed by atoms with Crippen molar-refractivity contribution < 1.29 is 9.53 Å². The van der Waals surface area contributed by atoms with Crippen LogP contribution in [0.2, 0.25) is 0 Å². The number of carbonyl (C=O) groups excluding carboxylic acids is 1. The van der Waals surface area contributed by atoms with Crippen LogP contribution in [-0.4, -0.2) is 27.8 Å². The molecule has 3 rings (SSSR count). The van der Waals surface area contributed by atoms with Crippen LogP contribution in [-0.2, 0) is 22.5 Å². The Morgan fingerprint density at radius 3 is 2.79 bits per heavy atom. The molecule has 1 saturated carbocycles. The first-order valence-corrected chi connectivity index (χ1v) is 7.31. The van der Waals surface area contributed by atoms with E-state index in [1.54, 1.807) is 0 Å². The first-order valence-electron chi connectivity index (χ1n) is 7.31.